The van der Waals surface area contributed by atoms with Gasteiger partial charge in [0.25, 0.3) is 0 Å². The Balaban J connectivity index is 2.03. The SMILES string of the molecule is CC(C)(NC(=O)N(Cc1ccsc1)C1CC1)C(=O)O. The van der Waals surface area contributed by atoms with Crippen LogP contribution >= 0.6 is 11.3 Å². The Bertz CT molecular complexity index is 466. The average Bonchev–Trinajstić information content (AvgIpc) is 3.02. The second-order valence-corrected chi connectivity index (χ2v) is 6.13. The molecule has 6 heteroatoms. The molecular weight excluding hydrogens is 264 g/mol. The molecule has 104 valence electrons. The summed E-state index contributed by atoms with van der Waals surface area (Å²) in [6.07, 6.45) is 1.98. The Hall–Kier alpha value is -1.56. The van der Waals surface area contributed by atoms with Gasteiger partial charge in [-0.15, -0.1) is 0 Å². The first-order valence-corrected chi connectivity index (χ1v) is 7.17. The molecule has 0 saturated heterocycles. The fourth-order valence-corrected chi connectivity index (χ4v) is 2.38. The molecule has 0 aromatic carbocycles. The normalized spacial score (nSPS) is 15.1. The minimum atomic E-state index is -1.25. The lowest BCUT2D eigenvalue weighted by Crippen LogP contribution is -2.54. The highest BCUT2D eigenvalue weighted by atomic mass is 32.1. The van der Waals surface area contributed by atoms with Crippen LogP contribution in [-0.4, -0.2) is 33.6 Å². The summed E-state index contributed by atoms with van der Waals surface area (Å²) in [6.45, 7) is 3.52. The molecule has 0 radical (unpaired) electrons. The maximum atomic E-state index is 12.2. The second kappa shape index (κ2) is 5.21. The van der Waals surface area contributed by atoms with E-state index >= 15 is 0 Å². The number of urea groups is 1. The third-order valence-electron chi connectivity index (χ3n) is 3.14. The number of hydrogen-bond acceptors (Lipinski definition) is 3. The molecule has 19 heavy (non-hydrogen) atoms. The number of carbonyl (C=O) groups excluding carboxylic acids is 1. The molecule has 1 aromatic heterocycles. The fourth-order valence-electron chi connectivity index (χ4n) is 1.72. The standard InChI is InChI=1S/C13H18N2O3S/c1-13(2,11(16)17)14-12(18)15(10-3-4-10)7-9-5-6-19-8-9/h5-6,8,10H,3-4,7H2,1-2H3,(H,14,18)(H,16,17). The highest BCUT2D eigenvalue weighted by molar-refractivity contribution is 7.07. The molecule has 1 fully saturated rings. The van der Waals surface area contributed by atoms with Gasteiger partial charge in [-0.25, -0.2) is 9.59 Å². The van der Waals surface area contributed by atoms with Crippen molar-refractivity contribution in [3.05, 3.63) is 22.4 Å². The van der Waals surface area contributed by atoms with Gasteiger partial charge >= 0.3 is 12.0 Å². The minimum Gasteiger partial charge on any atom is -0.480 e. The van der Waals surface area contributed by atoms with Crippen molar-refractivity contribution in [1.82, 2.24) is 10.2 Å². The molecule has 5 nitrogen and oxygen atoms in total. The van der Waals surface area contributed by atoms with E-state index in [0.29, 0.717) is 6.54 Å². The molecule has 1 aliphatic rings. The van der Waals surface area contributed by atoms with Crippen molar-refractivity contribution < 1.29 is 14.7 Å². The van der Waals surface area contributed by atoms with Crippen molar-refractivity contribution in [2.24, 2.45) is 0 Å². The predicted octanol–water partition coefficient (Wildman–Crippen LogP) is 2.29. The Morgan fingerprint density at radius 3 is 2.68 bits per heavy atom. The summed E-state index contributed by atoms with van der Waals surface area (Å²) in [5.41, 5.74) is -0.168. The van der Waals surface area contributed by atoms with Gasteiger partial charge in [0.05, 0.1) is 0 Å². The molecule has 1 heterocycles. The summed E-state index contributed by atoms with van der Waals surface area (Å²) >= 11 is 1.59. The van der Waals surface area contributed by atoms with E-state index in [1.807, 2.05) is 16.8 Å². The first kappa shape index (κ1) is 13.9. The van der Waals surface area contributed by atoms with Gasteiger partial charge in [0.1, 0.15) is 5.54 Å². The Morgan fingerprint density at radius 1 is 1.53 bits per heavy atom. The summed E-state index contributed by atoms with van der Waals surface area (Å²) in [5, 5.41) is 15.6. The Morgan fingerprint density at radius 2 is 2.21 bits per heavy atom. The average molecular weight is 282 g/mol. The van der Waals surface area contributed by atoms with Crippen molar-refractivity contribution in [2.75, 3.05) is 0 Å². The van der Waals surface area contributed by atoms with Crippen LogP contribution in [0.15, 0.2) is 16.8 Å². The van der Waals surface area contributed by atoms with Crippen LogP contribution in [-0.2, 0) is 11.3 Å². The highest BCUT2D eigenvalue weighted by Gasteiger charge is 2.36. The van der Waals surface area contributed by atoms with E-state index in [1.165, 1.54) is 13.8 Å². The van der Waals surface area contributed by atoms with Crippen LogP contribution in [0.2, 0.25) is 0 Å². The summed E-state index contributed by atoms with van der Waals surface area (Å²) in [5.74, 6) is -1.04. The van der Waals surface area contributed by atoms with Gasteiger partial charge < -0.3 is 15.3 Å². The monoisotopic (exact) mass is 282 g/mol. The molecule has 0 bridgehead atoms. The molecule has 1 aromatic rings. The fraction of sp³-hybridized carbons (Fsp3) is 0.538. The molecule has 2 rings (SSSR count). The number of amides is 2. The lowest BCUT2D eigenvalue weighted by molar-refractivity contribution is -0.143. The van der Waals surface area contributed by atoms with E-state index in [9.17, 15) is 9.59 Å². The number of thiophene rings is 1. The Kier molecular flexibility index (Phi) is 3.80. The number of nitrogens with one attached hydrogen (secondary N) is 1. The topological polar surface area (TPSA) is 69.6 Å². The van der Waals surface area contributed by atoms with Crippen LogP contribution in [0.4, 0.5) is 4.79 Å². The van der Waals surface area contributed by atoms with Crippen LogP contribution < -0.4 is 5.32 Å². The zero-order chi connectivity index (χ0) is 14.0. The number of hydrogen-bond donors (Lipinski definition) is 2. The molecule has 0 unspecified atom stereocenters. The molecular formula is C13H18N2O3S. The first-order valence-electron chi connectivity index (χ1n) is 6.23. The van der Waals surface area contributed by atoms with Crippen LogP contribution in [0.3, 0.4) is 0 Å². The van der Waals surface area contributed by atoms with Gasteiger partial charge in [0, 0.05) is 12.6 Å². The van der Waals surface area contributed by atoms with Crippen LogP contribution in [0.25, 0.3) is 0 Å². The maximum Gasteiger partial charge on any atom is 0.328 e. The molecule has 0 aliphatic heterocycles. The predicted molar refractivity (Wildman–Crippen MR) is 73.1 cm³/mol. The molecule has 1 aliphatic carbocycles. The number of carbonyl (C=O) groups is 2. The molecule has 1 saturated carbocycles. The number of nitrogens with zero attached hydrogens (tertiary/aromatic N) is 1. The lowest BCUT2D eigenvalue weighted by atomic mass is 10.1. The third-order valence-corrected chi connectivity index (χ3v) is 3.87. The van der Waals surface area contributed by atoms with Gasteiger partial charge in [0.2, 0.25) is 0 Å². The second-order valence-electron chi connectivity index (χ2n) is 5.35. The van der Waals surface area contributed by atoms with Crippen molar-refractivity contribution >= 4 is 23.3 Å². The van der Waals surface area contributed by atoms with E-state index < -0.39 is 11.5 Å². The number of rotatable bonds is 5. The van der Waals surface area contributed by atoms with Gasteiger partial charge in [-0.2, -0.15) is 11.3 Å². The molecule has 2 amide bonds. The zero-order valence-electron chi connectivity index (χ0n) is 11.0. The van der Waals surface area contributed by atoms with E-state index in [2.05, 4.69) is 5.32 Å². The summed E-state index contributed by atoms with van der Waals surface area (Å²) < 4.78 is 0. The summed E-state index contributed by atoms with van der Waals surface area (Å²) in [7, 11) is 0. The quantitative estimate of drug-likeness (QED) is 0.870. The van der Waals surface area contributed by atoms with Gasteiger partial charge in [-0.1, -0.05) is 0 Å². The van der Waals surface area contributed by atoms with E-state index in [-0.39, 0.29) is 12.1 Å². The number of carboxylic acid groups (broad SMARTS) is 1. The summed E-state index contributed by atoms with van der Waals surface area (Å²) in [6, 6.07) is 1.92. The largest absolute Gasteiger partial charge is 0.480 e. The van der Waals surface area contributed by atoms with Crippen LogP contribution in [0.5, 0.6) is 0 Å². The van der Waals surface area contributed by atoms with Gasteiger partial charge in [-0.05, 0) is 49.1 Å². The van der Waals surface area contributed by atoms with E-state index in [1.54, 1.807) is 16.2 Å². The summed E-state index contributed by atoms with van der Waals surface area (Å²) in [4.78, 5) is 25.0. The number of carboxylic acids is 1. The van der Waals surface area contributed by atoms with Crippen LogP contribution in [0.1, 0.15) is 32.3 Å². The molecule has 0 atom stereocenters. The van der Waals surface area contributed by atoms with Crippen molar-refractivity contribution in [3.63, 3.8) is 0 Å². The minimum absolute atomic E-state index is 0.240. The van der Waals surface area contributed by atoms with Crippen LogP contribution in [0, 0.1) is 0 Å². The van der Waals surface area contributed by atoms with Gasteiger partial charge in [0.15, 0.2) is 0 Å². The maximum absolute atomic E-state index is 12.2. The third kappa shape index (κ3) is 3.47. The molecule has 0 spiro atoms. The van der Waals surface area contributed by atoms with E-state index in [0.717, 1.165) is 18.4 Å². The zero-order valence-corrected chi connectivity index (χ0v) is 11.9. The van der Waals surface area contributed by atoms with Crippen molar-refractivity contribution in [2.45, 2.75) is 44.8 Å². The highest BCUT2D eigenvalue weighted by Crippen LogP contribution is 2.29. The lowest BCUT2D eigenvalue weighted by Gasteiger charge is -2.28. The first-order chi connectivity index (χ1) is 8.90. The molecule has 2 N–H and O–H groups in total. The van der Waals surface area contributed by atoms with Crippen molar-refractivity contribution in [3.8, 4) is 0 Å². The van der Waals surface area contributed by atoms with Crippen molar-refractivity contribution in [1.29, 1.82) is 0 Å². The van der Waals surface area contributed by atoms with Gasteiger partial charge in [-0.3, -0.25) is 0 Å². The smallest absolute Gasteiger partial charge is 0.328 e. The van der Waals surface area contributed by atoms with E-state index in [4.69, 9.17) is 5.11 Å². The number of aliphatic carboxylic acids is 1. The Labute approximate surface area is 116 Å².